The average molecular weight is 309 g/mol. The van der Waals surface area contributed by atoms with Gasteiger partial charge >= 0.3 is 0 Å². The number of rotatable bonds is 4. The molecule has 1 N–H and O–H groups in total. The molecule has 7 nitrogen and oxygen atoms in total. The van der Waals surface area contributed by atoms with Gasteiger partial charge in [0.05, 0.1) is 4.92 Å². The predicted octanol–water partition coefficient (Wildman–Crippen LogP) is 1.84. The van der Waals surface area contributed by atoms with Gasteiger partial charge < -0.3 is 9.73 Å². The maximum absolute atomic E-state index is 12.3. The molecule has 0 unspecified atom stereocenters. The van der Waals surface area contributed by atoms with Crippen molar-refractivity contribution in [2.45, 2.75) is 18.1 Å². The van der Waals surface area contributed by atoms with E-state index >= 15 is 0 Å². The van der Waals surface area contributed by atoms with Gasteiger partial charge in [0.25, 0.3) is 10.9 Å². The summed E-state index contributed by atoms with van der Waals surface area (Å²) in [6.45, 7) is 1.89. The van der Waals surface area contributed by atoms with Crippen LogP contribution in [0.2, 0.25) is 0 Å². The molecular weight excluding hydrogens is 294 g/mol. The molecule has 0 saturated carbocycles. The Morgan fingerprint density at radius 2 is 2.19 bits per heavy atom. The van der Waals surface area contributed by atoms with E-state index in [1.807, 2.05) is 0 Å². The van der Waals surface area contributed by atoms with Gasteiger partial charge in [-0.3, -0.25) is 10.1 Å². The lowest BCUT2D eigenvalue weighted by Gasteiger charge is -2.21. The number of nitrogens with zero attached hydrogens (tertiary/aromatic N) is 2. The largest absolute Gasteiger partial charge is 0.430 e. The molecule has 1 aliphatic rings. The van der Waals surface area contributed by atoms with Crippen molar-refractivity contribution in [3.63, 3.8) is 0 Å². The summed E-state index contributed by atoms with van der Waals surface area (Å²) in [4.78, 5) is 14.4. The van der Waals surface area contributed by atoms with Crippen LogP contribution in [0.3, 0.4) is 0 Å². The van der Waals surface area contributed by atoms with E-state index in [0.717, 1.165) is 25.9 Å². The Morgan fingerprint density at radius 3 is 2.90 bits per heavy atom. The highest BCUT2D eigenvalue weighted by molar-refractivity contribution is 7.84. The van der Waals surface area contributed by atoms with Crippen molar-refractivity contribution in [1.29, 1.82) is 0 Å². The Kier molecular flexibility index (Phi) is 3.98. The quantitative estimate of drug-likeness (QED) is 0.683. The molecule has 1 aromatic carbocycles. The molecular formula is C13H15N3O4S. The van der Waals surface area contributed by atoms with E-state index in [1.54, 1.807) is 0 Å². The second-order valence-corrected chi connectivity index (χ2v) is 6.47. The summed E-state index contributed by atoms with van der Waals surface area (Å²) in [6, 6.07) is 4.18. The van der Waals surface area contributed by atoms with E-state index in [9.17, 15) is 14.3 Å². The van der Waals surface area contributed by atoms with Crippen LogP contribution >= 0.6 is 0 Å². The maximum Gasteiger partial charge on any atom is 0.287 e. The Morgan fingerprint density at radius 1 is 1.43 bits per heavy atom. The van der Waals surface area contributed by atoms with Crippen LogP contribution in [0.5, 0.6) is 0 Å². The number of fused-ring (bicyclic) bond motifs is 1. The van der Waals surface area contributed by atoms with E-state index in [1.165, 1.54) is 18.2 Å². The molecule has 8 heteroatoms. The fraction of sp³-hybridized carbons (Fsp3) is 0.462. The molecule has 1 saturated heterocycles. The summed E-state index contributed by atoms with van der Waals surface area (Å²) < 4.78 is 17.8. The third kappa shape index (κ3) is 3.11. The van der Waals surface area contributed by atoms with Gasteiger partial charge in [-0.05, 0) is 37.9 Å². The number of hydrogen-bond donors (Lipinski definition) is 1. The zero-order valence-electron chi connectivity index (χ0n) is 11.3. The van der Waals surface area contributed by atoms with Gasteiger partial charge in [0.2, 0.25) is 0 Å². The van der Waals surface area contributed by atoms with E-state index in [4.69, 9.17) is 4.42 Å². The van der Waals surface area contributed by atoms with Crippen LogP contribution in [0.25, 0.3) is 11.1 Å². The first-order chi connectivity index (χ1) is 10.1. The number of benzene rings is 1. The lowest BCUT2D eigenvalue weighted by atomic mass is 10.0. The van der Waals surface area contributed by atoms with Gasteiger partial charge in [-0.1, -0.05) is 0 Å². The molecule has 1 fully saturated rings. The molecule has 112 valence electrons. The molecule has 0 amide bonds. The fourth-order valence-electron chi connectivity index (χ4n) is 2.44. The molecule has 3 rings (SSSR count). The average Bonchev–Trinajstić information content (AvgIpc) is 2.91. The van der Waals surface area contributed by atoms with Crippen LogP contribution in [0.4, 0.5) is 5.69 Å². The number of hydrogen-bond acceptors (Lipinski definition) is 6. The minimum absolute atomic E-state index is 0.0495. The van der Waals surface area contributed by atoms with E-state index in [-0.39, 0.29) is 10.9 Å². The zero-order chi connectivity index (χ0) is 14.8. The molecule has 1 aromatic heterocycles. The van der Waals surface area contributed by atoms with Crippen LogP contribution in [0.15, 0.2) is 27.8 Å². The molecule has 2 heterocycles. The van der Waals surface area contributed by atoms with Gasteiger partial charge in [-0.25, -0.2) is 9.19 Å². The summed E-state index contributed by atoms with van der Waals surface area (Å²) in [7, 11) is -1.31. The molecule has 21 heavy (non-hydrogen) atoms. The molecule has 1 atom stereocenters. The normalized spacial score (nSPS) is 17.9. The van der Waals surface area contributed by atoms with Crippen LogP contribution in [-0.2, 0) is 10.8 Å². The van der Waals surface area contributed by atoms with Crippen molar-refractivity contribution in [2.75, 3.05) is 18.8 Å². The molecule has 2 aromatic rings. The standard InChI is InChI=1S/C13H15N3O4S/c17-16(18)10-1-2-12-11(7-10)15-13(20-12)21(19)8-9-3-5-14-6-4-9/h1-2,7,9,14H,3-6,8H2/t21-/m0/s1. The van der Waals surface area contributed by atoms with Crippen LogP contribution in [-0.4, -0.2) is 33.0 Å². The molecule has 0 radical (unpaired) electrons. The van der Waals surface area contributed by atoms with Crippen molar-refractivity contribution in [3.8, 4) is 0 Å². The molecule has 1 aliphatic heterocycles. The predicted molar refractivity (Wildman–Crippen MR) is 77.5 cm³/mol. The number of non-ortho nitro benzene ring substituents is 1. The first kappa shape index (κ1) is 14.2. The number of nitro benzene ring substituents is 1. The highest BCUT2D eigenvalue weighted by Crippen LogP contribution is 2.24. The lowest BCUT2D eigenvalue weighted by Crippen LogP contribution is -2.30. The smallest absolute Gasteiger partial charge is 0.287 e. The summed E-state index contributed by atoms with van der Waals surface area (Å²) in [5, 5.41) is 14.1. The van der Waals surface area contributed by atoms with Gasteiger partial charge in [0.1, 0.15) is 16.3 Å². The molecule has 0 aliphatic carbocycles. The first-order valence-electron chi connectivity index (χ1n) is 6.77. The lowest BCUT2D eigenvalue weighted by molar-refractivity contribution is -0.384. The first-order valence-corrected chi connectivity index (χ1v) is 8.09. The number of piperidine rings is 1. The number of aromatic nitrogens is 1. The van der Waals surface area contributed by atoms with Crippen LogP contribution in [0.1, 0.15) is 12.8 Å². The molecule has 0 spiro atoms. The van der Waals surface area contributed by atoms with E-state index in [2.05, 4.69) is 10.3 Å². The highest BCUT2D eigenvalue weighted by atomic mass is 32.2. The zero-order valence-corrected chi connectivity index (χ0v) is 12.1. The van der Waals surface area contributed by atoms with Crippen LogP contribution in [0, 0.1) is 16.0 Å². The summed E-state index contributed by atoms with van der Waals surface area (Å²) in [5.41, 5.74) is 0.749. The van der Waals surface area contributed by atoms with Crippen molar-refractivity contribution in [3.05, 3.63) is 28.3 Å². The number of oxazole rings is 1. The summed E-state index contributed by atoms with van der Waals surface area (Å²) in [6.07, 6.45) is 1.99. The second kappa shape index (κ2) is 5.90. The summed E-state index contributed by atoms with van der Waals surface area (Å²) in [5.74, 6) is 0.924. The van der Waals surface area contributed by atoms with Gasteiger partial charge in [0, 0.05) is 17.9 Å². The Balaban J connectivity index is 1.79. The maximum atomic E-state index is 12.3. The minimum Gasteiger partial charge on any atom is -0.430 e. The van der Waals surface area contributed by atoms with Crippen molar-refractivity contribution in [2.24, 2.45) is 5.92 Å². The SMILES string of the molecule is O=[N+]([O-])c1ccc2oc([S@@](=O)CC3CCNCC3)nc2c1. The van der Waals surface area contributed by atoms with Gasteiger partial charge in [-0.15, -0.1) is 0 Å². The fourth-order valence-corrected chi connectivity index (χ4v) is 3.73. The van der Waals surface area contributed by atoms with Crippen molar-refractivity contribution < 1.29 is 13.5 Å². The van der Waals surface area contributed by atoms with Crippen LogP contribution < -0.4 is 5.32 Å². The van der Waals surface area contributed by atoms with Crippen molar-refractivity contribution in [1.82, 2.24) is 10.3 Å². The summed E-state index contributed by atoms with van der Waals surface area (Å²) >= 11 is 0. The van der Waals surface area contributed by atoms with E-state index in [0.29, 0.717) is 22.8 Å². The molecule has 0 bridgehead atoms. The Hall–Kier alpha value is -1.80. The number of nitro groups is 1. The third-order valence-electron chi connectivity index (χ3n) is 3.60. The van der Waals surface area contributed by atoms with Gasteiger partial charge in [0.15, 0.2) is 5.58 Å². The number of nitrogens with one attached hydrogen (secondary N) is 1. The van der Waals surface area contributed by atoms with E-state index < -0.39 is 15.7 Å². The van der Waals surface area contributed by atoms with Gasteiger partial charge in [-0.2, -0.15) is 0 Å². The van der Waals surface area contributed by atoms with Crippen molar-refractivity contribution >= 4 is 27.6 Å². The monoisotopic (exact) mass is 309 g/mol. The Labute approximate surface area is 123 Å². The third-order valence-corrected chi connectivity index (χ3v) is 4.94. The Bertz CT molecular complexity index is 694. The topological polar surface area (TPSA) is 98.3 Å². The second-order valence-electron chi connectivity index (χ2n) is 5.09. The minimum atomic E-state index is -1.31. The highest BCUT2D eigenvalue weighted by Gasteiger charge is 2.21.